The summed E-state index contributed by atoms with van der Waals surface area (Å²) in [5, 5.41) is 3.51. The van der Waals surface area contributed by atoms with Crippen molar-refractivity contribution in [1.29, 1.82) is 0 Å². The summed E-state index contributed by atoms with van der Waals surface area (Å²) in [5.74, 6) is -0.780. The van der Waals surface area contributed by atoms with Gasteiger partial charge in [-0.05, 0) is 50.5 Å². The Balaban J connectivity index is 1.89. The number of nitrogens with zero attached hydrogens (tertiary/aromatic N) is 2. The van der Waals surface area contributed by atoms with Gasteiger partial charge in [-0.25, -0.2) is 8.42 Å². The Kier molecular flexibility index (Phi) is 9.66. The second-order valence-electron chi connectivity index (χ2n) is 9.39. The van der Waals surface area contributed by atoms with Crippen LogP contribution in [0.15, 0.2) is 42.5 Å². The topological polar surface area (TPSA) is 86.8 Å². The number of benzene rings is 2. The van der Waals surface area contributed by atoms with Crippen LogP contribution in [0.25, 0.3) is 0 Å². The summed E-state index contributed by atoms with van der Waals surface area (Å²) in [5.41, 5.74) is 2.01. The lowest BCUT2D eigenvalue weighted by Crippen LogP contribution is -2.53. The number of nitrogens with one attached hydrogen (secondary N) is 1. The monoisotopic (exact) mass is 553 g/mol. The Labute approximate surface area is 223 Å². The van der Waals surface area contributed by atoms with E-state index in [-0.39, 0.29) is 34.2 Å². The highest BCUT2D eigenvalue weighted by atomic mass is 35.5. The van der Waals surface area contributed by atoms with Gasteiger partial charge in [-0.1, -0.05) is 72.3 Å². The average Bonchev–Trinajstić information content (AvgIpc) is 2.83. The van der Waals surface area contributed by atoms with Crippen LogP contribution in [-0.2, 0) is 26.2 Å². The van der Waals surface area contributed by atoms with E-state index in [4.69, 9.17) is 23.2 Å². The molecule has 2 aromatic carbocycles. The first-order chi connectivity index (χ1) is 17.0. The van der Waals surface area contributed by atoms with E-state index in [2.05, 4.69) is 5.32 Å². The second-order valence-corrected chi connectivity index (χ2v) is 12.1. The third-order valence-electron chi connectivity index (χ3n) is 6.45. The van der Waals surface area contributed by atoms with Crippen LogP contribution in [0.3, 0.4) is 0 Å². The maximum atomic E-state index is 13.6. The zero-order valence-electron chi connectivity index (χ0n) is 20.8. The summed E-state index contributed by atoms with van der Waals surface area (Å²) in [7, 11) is -3.89. The van der Waals surface area contributed by atoms with Gasteiger partial charge in [0.1, 0.15) is 12.6 Å². The van der Waals surface area contributed by atoms with Gasteiger partial charge < -0.3 is 10.2 Å². The van der Waals surface area contributed by atoms with Gasteiger partial charge in [-0.2, -0.15) is 0 Å². The van der Waals surface area contributed by atoms with Crippen molar-refractivity contribution < 1.29 is 18.0 Å². The molecule has 1 aliphatic rings. The summed E-state index contributed by atoms with van der Waals surface area (Å²) in [6.07, 6.45) is 6.12. The van der Waals surface area contributed by atoms with Gasteiger partial charge in [0, 0.05) is 17.6 Å². The van der Waals surface area contributed by atoms with E-state index in [0.29, 0.717) is 0 Å². The van der Waals surface area contributed by atoms with E-state index in [1.54, 1.807) is 6.92 Å². The summed E-state index contributed by atoms with van der Waals surface area (Å²) < 4.78 is 26.3. The molecule has 10 heteroatoms. The molecule has 196 valence electrons. The quantitative estimate of drug-likeness (QED) is 0.476. The van der Waals surface area contributed by atoms with Crippen molar-refractivity contribution in [3.63, 3.8) is 0 Å². The lowest BCUT2D eigenvalue weighted by atomic mass is 9.95. The van der Waals surface area contributed by atoms with Crippen LogP contribution in [0.4, 0.5) is 5.69 Å². The zero-order valence-corrected chi connectivity index (χ0v) is 23.2. The van der Waals surface area contributed by atoms with E-state index >= 15 is 0 Å². The lowest BCUT2D eigenvalue weighted by molar-refractivity contribution is -0.139. The normalized spacial score (nSPS) is 15.2. The first-order valence-electron chi connectivity index (χ1n) is 12.0. The zero-order chi connectivity index (χ0) is 26.5. The van der Waals surface area contributed by atoms with Gasteiger partial charge >= 0.3 is 0 Å². The van der Waals surface area contributed by atoms with Crippen LogP contribution < -0.4 is 9.62 Å². The van der Waals surface area contributed by atoms with Crippen LogP contribution in [0.5, 0.6) is 0 Å². The Morgan fingerprint density at radius 2 is 1.69 bits per heavy atom. The molecule has 0 spiro atoms. The molecular weight excluding hydrogens is 521 g/mol. The third kappa shape index (κ3) is 7.60. The van der Waals surface area contributed by atoms with Gasteiger partial charge in [0.05, 0.1) is 17.0 Å². The van der Waals surface area contributed by atoms with Gasteiger partial charge in [0.25, 0.3) is 0 Å². The molecule has 0 radical (unpaired) electrons. The van der Waals surface area contributed by atoms with E-state index in [1.807, 2.05) is 31.2 Å². The SMILES string of the molecule is Cc1ccc(CN(C(=O)CN(c2cc(Cl)ccc2Cl)S(C)(=O)=O)C(C)C(=O)NC2CCCCC2)cc1. The average molecular weight is 555 g/mol. The smallest absolute Gasteiger partial charge is 0.244 e. The highest BCUT2D eigenvalue weighted by molar-refractivity contribution is 7.92. The minimum atomic E-state index is -3.89. The van der Waals surface area contributed by atoms with Crippen LogP contribution >= 0.6 is 23.2 Å². The van der Waals surface area contributed by atoms with Crippen molar-refractivity contribution >= 4 is 50.7 Å². The molecule has 1 unspecified atom stereocenters. The first kappa shape index (κ1) is 28.3. The molecule has 36 heavy (non-hydrogen) atoms. The van der Waals surface area contributed by atoms with Crippen LogP contribution in [0, 0.1) is 6.92 Å². The Hall–Kier alpha value is -2.29. The molecule has 7 nitrogen and oxygen atoms in total. The van der Waals surface area contributed by atoms with Crippen molar-refractivity contribution in [1.82, 2.24) is 10.2 Å². The number of carbonyl (C=O) groups is 2. The predicted octanol–water partition coefficient (Wildman–Crippen LogP) is 4.93. The van der Waals surface area contributed by atoms with Gasteiger partial charge in [-0.3, -0.25) is 13.9 Å². The minimum absolute atomic E-state index is 0.0859. The predicted molar refractivity (Wildman–Crippen MR) is 145 cm³/mol. The fraction of sp³-hybridized carbons (Fsp3) is 0.462. The molecule has 0 aliphatic heterocycles. The van der Waals surface area contributed by atoms with E-state index < -0.39 is 28.5 Å². The fourth-order valence-corrected chi connectivity index (χ4v) is 5.60. The van der Waals surface area contributed by atoms with E-state index in [9.17, 15) is 18.0 Å². The number of sulfonamides is 1. The Morgan fingerprint density at radius 3 is 2.31 bits per heavy atom. The highest BCUT2D eigenvalue weighted by Gasteiger charge is 2.31. The summed E-state index contributed by atoms with van der Waals surface area (Å²) in [6.45, 7) is 3.26. The number of carbonyl (C=O) groups excluding carboxylic acids is 2. The number of rotatable bonds is 9. The molecule has 0 saturated heterocycles. The van der Waals surface area contributed by atoms with Crippen molar-refractivity contribution in [3.05, 3.63) is 63.6 Å². The standard InChI is InChI=1S/C26H33Cl2N3O4S/c1-18-9-11-20(12-10-18)16-30(19(2)26(33)29-22-7-5-4-6-8-22)25(32)17-31(36(3,34)35)24-15-21(27)13-14-23(24)28/h9-15,19,22H,4-8,16-17H2,1-3H3,(H,29,33). The van der Waals surface area contributed by atoms with Crippen molar-refractivity contribution in [3.8, 4) is 0 Å². The fourth-order valence-electron chi connectivity index (χ4n) is 4.31. The van der Waals surface area contributed by atoms with Crippen LogP contribution in [-0.4, -0.2) is 50.0 Å². The van der Waals surface area contributed by atoms with E-state index in [1.165, 1.54) is 23.1 Å². The van der Waals surface area contributed by atoms with E-state index in [0.717, 1.165) is 53.8 Å². The number of amides is 2. The molecule has 1 atom stereocenters. The molecule has 0 heterocycles. The molecule has 1 fully saturated rings. The lowest BCUT2D eigenvalue weighted by Gasteiger charge is -2.33. The first-order valence-corrected chi connectivity index (χ1v) is 14.6. The van der Waals surface area contributed by atoms with Crippen molar-refractivity contribution in [2.24, 2.45) is 0 Å². The summed E-state index contributed by atoms with van der Waals surface area (Å²) in [6, 6.07) is 11.3. The third-order valence-corrected chi connectivity index (χ3v) is 8.13. The molecule has 2 aromatic rings. The van der Waals surface area contributed by atoms with Crippen LogP contribution in [0.2, 0.25) is 10.0 Å². The maximum absolute atomic E-state index is 13.6. The second kappa shape index (κ2) is 12.3. The van der Waals surface area contributed by atoms with Gasteiger partial charge in [-0.15, -0.1) is 0 Å². The van der Waals surface area contributed by atoms with Gasteiger partial charge in [0.15, 0.2) is 0 Å². The van der Waals surface area contributed by atoms with Gasteiger partial charge in [0.2, 0.25) is 21.8 Å². The molecule has 0 aromatic heterocycles. The van der Waals surface area contributed by atoms with Crippen LogP contribution in [0.1, 0.15) is 50.2 Å². The highest BCUT2D eigenvalue weighted by Crippen LogP contribution is 2.31. The number of anilines is 1. The van der Waals surface area contributed by atoms with Crippen molar-refractivity contribution in [2.45, 2.75) is 64.6 Å². The Morgan fingerprint density at radius 1 is 1.06 bits per heavy atom. The summed E-state index contributed by atoms with van der Waals surface area (Å²) in [4.78, 5) is 28.2. The Bertz CT molecular complexity index is 1180. The molecule has 1 aliphatic carbocycles. The molecule has 3 rings (SSSR count). The largest absolute Gasteiger partial charge is 0.352 e. The molecule has 1 N–H and O–H groups in total. The summed E-state index contributed by atoms with van der Waals surface area (Å²) >= 11 is 12.4. The minimum Gasteiger partial charge on any atom is -0.352 e. The number of aryl methyl sites for hydroxylation is 1. The molecule has 0 bridgehead atoms. The molecular formula is C26H33Cl2N3O4S. The van der Waals surface area contributed by atoms with Crippen molar-refractivity contribution in [2.75, 3.05) is 17.1 Å². The molecule has 1 saturated carbocycles. The number of halogens is 2. The number of hydrogen-bond acceptors (Lipinski definition) is 4. The number of hydrogen-bond donors (Lipinski definition) is 1. The molecule has 2 amide bonds. The maximum Gasteiger partial charge on any atom is 0.244 e.